The number of halogens is 1. The van der Waals surface area contributed by atoms with E-state index in [1.807, 2.05) is 6.07 Å². The molecule has 1 saturated heterocycles. The number of morpholine rings is 1. The zero-order chi connectivity index (χ0) is 21.0. The summed E-state index contributed by atoms with van der Waals surface area (Å²) in [7, 11) is -2.42. The number of hydrogen-bond acceptors (Lipinski definition) is 7. The highest BCUT2D eigenvalue weighted by Gasteiger charge is 2.29. The fourth-order valence-electron chi connectivity index (χ4n) is 2.73. The number of esters is 1. The molecule has 29 heavy (non-hydrogen) atoms. The second-order valence-corrected chi connectivity index (χ2v) is 8.79. The predicted molar refractivity (Wildman–Crippen MR) is 106 cm³/mol. The minimum atomic E-state index is -3.81. The Balaban J connectivity index is 1.90. The van der Waals surface area contributed by atoms with Gasteiger partial charge in [-0.1, -0.05) is 0 Å². The second-order valence-electron chi connectivity index (χ2n) is 6.03. The van der Waals surface area contributed by atoms with Crippen molar-refractivity contribution in [1.29, 1.82) is 5.26 Å². The molecule has 1 heterocycles. The Kier molecular flexibility index (Phi) is 6.54. The van der Waals surface area contributed by atoms with Gasteiger partial charge >= 0.3 is 5.97 Å². The van der Waals surface area contributed by atoms with Gasteiger partial charge in [-0.3, -0.25) is 0 Å². The summed E-state index contributed by atoms with van der Waals surface area (Å²) in [4.78, 5) is 12.6. The molecule has 2 aromatic carbocycles. The van der Waals surface area contributed by atoms with Crippen LogP contribution in [0, 0.1) is 11.3 Å². The van der Waals surface area contributed by atoms with Crippen molar-refractivity contribution in [1.82, 2.24) is 4.31 Å². The fraction of sp³-hybridized carbons (Fsp3) is 0.263. The van der Waals surface area contributed by atoms with Gasteiger partial charge in [-0.2, -0.15) is 9.57 Å². The molecule has 0 aromatic heterocycles. The van der Waals surface area contributed by atoms with Crippen LogP contribution < -0.4 is 9.47 Å². The first-order chi connectivity index (χ1) is 13.9. The maximum Gasteiger partial charge on any atom is 0.343 e. The van der Waals surface area contributed by atoms with Crippen LogP contribution in [0.1, 0.15) is 15.9 Å². The number of carbonyl (C=O) groups excluding carboxylic acids is 1. The molecular formula is C19H17BrN2O6S. The number of rotatable bonds is 5. The van der Waals surface area contributed by atoms with Gasteiger partial charge in [0.1, 0.15) is 0 Å². The van der Waals surface area contributed by atoms with Crippen molar-refractivity contribution in [2.24, 2.45) is 0 Å². The monoisotopic (exact) mass is 480 g/mol. The van der Waals surface area contributed by atoms with E-state index in [1.165, 1.54) is 47.8 Å². The number of sulfonamides is 1. The van der Waals surface area contributed by atoms with Crippen molar-refractivity contribution in [3.05, 3.63) is 52.0 Å². The third-order valence-electron chi connectivity index (χ3n) is 4.25. The first-order valence-corrected chi connectivity index (χ1v) is 10.8. The molecule has 0 N–H and O–H groups in total. The van der Waals surface area contributed by atoms with E-state index in [2.05, 4.69) is 15.9 Å². The summed E-state index contributed by atoms with van der Waals surface area (Å²) in [5, 5.41) is 8.96. The molecule has 0 amide bonds. The number of benzene rings is 2. The number of carbonyl (C=O) groups is 1. The average Bonchev–Trinajstić information content (AvgIpc) is 2.74. The molecule has 2 aromatic rings. The van der Waals surface area contributed by atoms with Crippen LogP contribution in [0.3, 0.4) is 0 Å². The van der Waals surface area contributed by atoms with E-state index in [0.717, 1.165) is 0 Å². The molecule has 1 aliphatic rings. The van der Waals surface area contributed by atoms with Crippen LogP contribution in [0.15, 0.2) is 45.8 Å². The molecule has 0 atom stereocenters. The van der Waals surface area contributed by atoms with Gasteiger partial charge in [-0.15, -0.1) is 0 Å². The van der Waals surface area contributed by atoms with Crippen LogP contribution in [-0.4, -0.2) is 52.1 Å². The molecule has 0 unspecified atom stereocenters. The Morgan fingerprint density at radius 3 is 2.55 bits per heavy atom. The highest BCUT2D eigenvalue weighted by atomic mass is 79.9. The van der Waals surface area contributed by atoms with Gasteiger partial charge in [0.15, 0.2) is 11.5 Å². The van der Waals surface area contributed by atoms with Crippen LogP contribution in [-0.2, 0) is 14.8 Å². The summed E-state index contributed by atoms with van der Waals surface area (Å²) >= 11 is 3.25. The van der Waals surface area contributed by atoms with Crippen molar-refractivity contribution in [3.63, 3.8) is 0 Å². The SMILES string of the molecule is COc1cc(C#N)ccc1OC(=O)c1ccc(Br)c(S(=O)(=O)N2CCOCC2)c1. The van der Waals surface area contributed by atoms with Crippen LogP contribution in [0.4, 0.5) is 0 Å². The smallest absolute Gasteiger partial charge is 0.343 e. The lowest BCUT2D eigenvalue weighted by molar-refractivity contribution is 0.0725. The van der Waals surface area contributed by atoms with Gasteiger partial charge in [0, 0.05) is 23.6 Å². The van der Waals surface area contributed by atoms with E-state index in [-0.39, 0.29) is 35.0 Å². The van der Waals surface area contributed by atoms with E-state index in [4.69, 9.17) is 19.5 Å². The normalized spacial score (nSPS) is 14.8. The molecule has 0 radical (unpaired) electrons. The molecule has 0 aliphatic carbocycles. The zero-order valence-electron chi connectivity index (χ0n) is 15.4. The van der Waals surface area contributed by atoms with E-state index in [9.17, 15) is 13.2 Å². The van der Waals surface area contributed by atoms with Crippen LogP contribution in [0.25, 0.3) is 0 Å². The molecule has 1 fully saturated rings. The van der Waals surface area contributed by atoms with E-state index < -0.39 is 16.0 Å². The first kappa shape index (κ1) is 21.3. The molecule has 8 nitrogen and oxygen atoms in total. The van der Waals surface area contributed by atoms with Gasteiger partial charge in [-0.25, -0.2) is 13.2 Å². The first-order valence-electron chi connectivity index (χ1n) is 8.54. The highest BCUT2D eigenvalue weighted by Crippen LogP contribution is 2.30. The largest absolute Gasteiger partial charge is 0.493 e. The van der Waals surface area contributed by atoms with Crippen LogP contribution >= 0.6 is 15.9 Å². The zero-order valence-corrected chi connectivity index (χ0v) is 17.8. The molecule has 3 rings (SSSR count). The van der Waals surface area contributed by atoms with Crippen LogP contribution in [0.5, 0.6) is 11.5 Å². The third-order valence-corrected chi connectivity index (χ3v) is 7.14. The van der Waals surface area contributed by atoms with Crippen molar-refractivity contribution >= 4 is 31.9 Å². The van der Waals surface area contributed by atoms with Gasteiger partial charge in [0.2, 0.25) is 10.0 Å². The Morgan fingerprint density at radius 2 is 1.90 bits per heavy atom. The lowest BCUT2D eigenvalue weighted by Gasteiger charge is -2.26. The van der Waals surface area contributed by atoms with E-state index in [0.29, 0.717) is 23.2 Å². The minimum absolute atomic E-state index is 0.0272. The lowest BCUT2D eigenvalue weighted by atomic mass is 10.2. The third kappa shape index (κ3) is 4.59. The van der Waals surface area contributed by atoms with Gasteiger partial charge in [0.25, 0.3) is 0 Å². The standard InChI is InChI=1S/C19H17BrN2O6S/c1-26-17-10-13(12-21)2-5-16(17)28-19(23)14-3-4-15(20)18(11-14)29(24,25)22-6-8-27-9-7-22/h2-5,10-11H,6-9H2,1H3. The van der Waals surface area contributed by atoms with Crippen LogP contribution in [0.2, 0.25) is 0 Å². The van der Waals surface area contributed by atoms with Crippen molar-refractivity contribution in [2.75, 3.05) is 33.4 Å². The maximum absolute atomic E-state index is 12.9. The Bertz CT molecular complexity index is 1070. The Morgan fingerprint density at radius 1 is 1.17 bits per heavy atom. The Labute approximate surface area is 176 Å². The molecule has 152 valence electrons. The number of methoxy groups -OCH3 is 1. The summed E-state index contributed by atoms with van der Waals surface area (Å²) in [6, 6.07) is 10.6. The molecule has 0 bridgehead atoms. The van der Waals surface area contributed by atoms with Gasteiger partial charge in [-0.05, 0) is 46.3 Å². The second kappa shape index (κ2) is 8.92. The van der Waals surface area contributed by atoms with Gasteiger partial charge < -0.3 is 14.2 Å². The summed E-state index contributed by atoms with van der Waals surface area (Å²) in [5.74, 6) is -0.411. The van der Waals surface area contributed by atoms with Crippen molar-refractivity contribution in [3.8, 4) is 17.6 Å². The average molecular weight is 481 g/mol. The summed E-state index contributed by atoms with van der Waals surface area (Å²) in [5.41, 5.74) is 0.413. The molecule has 0 saturated carbocycles. The predicted octanol–water partition coefficient (Wildman–Crippen LogP) is 2.57. The molecule has 1 aliphatic heterocycles. The molecular weight excluding hydrogens is 464 g/mol. The number of hydrogen-bond donors (Lipinski definition) is 0. The summed E-state index contributed by atoms with van der Waals surface area (Å²) in [6.45, 7) is 1.12. The topological polar surface area (TPSA) is 106 Å². The summed E-state index contributed by atoms with van der Waals surface area (Å²) in [6.07, 6.45) is 0. The van der Waals surface area contributed by atoms with E-state index in [1.54, 1.807) is 0 Å². The lowest BCUT2D eigenvalue weighted by Crippen LogP contribution is -2.40. The number of nitrogens with zero attached hydrogens (tertiary/aromatic N) is 2. The maximum atomic E-state index is 12.9. The summed E-state index contributed by atoms with van der Waals surface area (Å²) < 4.78 is 43.3. The highest BCUT2D eigenvalue weighted by molar-refractivity contribution is 9.10. The van der Waals surface area contributed by atoms with E-state index >= 15 is 0 Å². The Hall–Kier alpha value is -2.45. The van der Waals surface area contributed by atoms with Gasteiger partial charge in [0.05, 0.1) is 42.4 Å². The number of nitriles is 1. The minimum Gasteiger partial charge on any atom is -0.493 e. The molecule has 0 spiro atoms. The molecule has 10 heteroatoms. The quantitative estimate of drug-likeness (QED) is 0.478. The number of ether oxygens (including phenoxy) is 3. The fourth-order valence-corrected chi connectivity index (χ4v) is 5.09. The van der Waals surface area contributed by atoms with Crippen molar-refractivity contribution < 1.29 is 27.4 Å². The van der Waals surface area contributed by atoms with Crippen molar-refractivity contribution in [2.45, 2.75) is 4.90 Å².